The van der Waals surface area contributed by atoms with Gasteiger partial charge in [-0.25, -0.2) is 0 Å². The summed E-state index contributed by atoms with van der Waals surface area (Å²) < 4.78 is 7.74. The van der Waals surface area contributed by atoms with Crippen molar-refractivity contribution < 1.29 is 9.53 Å². The van der Waals surface area contributed by atoms with Crippen molar-refractivity contribution >= 4 is 27.5 Å². The first-order valence-corrected chi connectivity index (χ1v) is 7.81. The molecule has 1 aromatic carbocycles. The number of anilines is 1. The molecule has 0 spiro atoms. The number of nitrogens with one attached hydrogen (secondary N) is 1. The van der Waals surface area contributed by atoms with E-state index in [1.807, 2.05) is 38.1 Å². The van der Waals surface area contributed by atoms with Gasteiger partial charge < -0.3 is 10.1 Å². The maximum absolute atomic E-state index is 12.6. The van der Waals surface area contributed by atoms with Gasteiger partial charge >= 0.3 is 0 Å². The van der Waals surface area contributed by atoms with Crippen LogP contribution in [0.3, 0.4) is 0 Å². The third kappa shape index (κ3) is 3.96. The number of benzene rings is 1. The molecule has 1 amide bonds. The van der Waals surface area contributed by atoms with Crippen molar-refractivity contribution in [3.8, 4) is 0 Å². The Morgan fingerprint density at radius 1 is 1.36 bits per heavy atom. The predicted molar refractivity (Wildman–Crippen MR) is 89.9 cm³/mol. The molecule has 0 unspecified atom stereocenters. The van der Waals surface area contributed by atoms with Gasteiger partial charge in [0.2, 0.25) is 5.91 Å². The van der Waals surface area contributed by atoms with Gasteiger partial charge in [0.15, 0.2) is 0 Å². The lowest BCUT2D eigenvalue weighted by atomic mass is 9.84. The molecule has 2 rings (SSSR count). The Morgan fingerprint density at radius 2 is 2.05 bits per heavy atom. The molecule has 0 atom stereocenters. The van der Waals surface area contributed by atoms with Crippen LogP contribution in [-0.4, -0.2) is 29.4 Å². The van der Waals surface area contributed by atoms with Gasteiger partial charge in [-0.2, -0.15) is 5.10 Å². The molecule has 1 aromatic heterocycles. The molecule has 1 heterocycles. The first-order chi connectivity index (χ1) is 10.4. The van der Waals surface area contributed by atoms with E-state index in [1.165, 1.54) is 0 Å². The standard InChI is InChI=1S/C16H20BrN3O2/c1-16(2,12-4-6-13(17)7-5-12)15(21)19-14-10-18-20(11-14)8-9-22-3/h4-7,10-11H,8-9H2,1-3H3,(H,19,21). The highest BCUT2D eigenvalue weighted by atomic mass is 79.9. The van der Waals surface area contributed by atoms with E-state index in [0.717, 1.165) is 10.0 Å². The fraction of sp³-hybridized carbons (Fsp3) is 0.375. The van der Waals surface area contributed by atoms with Crippen LogP contribution >= 0.6 is 15.9 Å². The first kappa shape index (κ1) is 16.7. The largest absolute Gasteiger partial charge is 0.383 e. The zero-order valence-electron chi connectivity index (χ0n) is 13.0. The number of rotatable bonds is 6. The monoisotopic (exact) mass is 365 g/mol. The third-order valence-corrected chi connectivity index (χ3v) is 4.08. The summed E-state index contributed by atoms with van der Waals surface area (Å²) >= 11 is 3.40. The number of hydrogen-bond donors (Lipinski definition) is 1. The Bertz CT molecular complexity index is 635. The number of nitrogens with zero attached hydrogens (tertiary/aromatic N) is 2. The van der Waals surface area contributed by atoms with Gasteiger partial charge in [0.25, 0.3) is 0 Å². The lowest BCUT2D eigenvalue weighted by Crippen LogP contribution is -2.34. The normalized spacial score (nSPS) is 11.5. The van der Waals surface area contributed by atoms with E-state index in [0.29, 0.717) is 18.8 Å². The van der Waals surface area contributed by atoms with Gasteiger partial charge in [-0.3, -0.25) is 9.48 Å². The molecule has 0 fully saturated rings. The van der Waals surface area contributed by atoms with Gasteiger partial charge in [0.05, 0.1) is 30.5 Å². The summed E-state index contributed by atoms with van der Waals surface area (Å²) in [6.45, 7) is 5.05. The van der Waals surface area contributed by atoms with E-state index in [2.05, 4.69) is 26.3 Å². The molecule has 0 aliphatic carbocycles. The summed E-state index contributed by atoms with van der Waals surface area (Å²) in [6.07, 6.45) is 3.44. The van der Waals surface area contributed by atoms with Crippen molar-refractivity contribution in [1.29, 1.82) is 0 Å². The Hall–Kier alpha value is -1.66. The average Bonchev–Trinajstić information content (AvgIpc) is 2.93. The maximum Gasteiger partial charge on any atom is 0.234 e. The lowest BCUT2D eigenvalue weighted by Gasteiger charge is -2.23. The minimum absolute atomic E-state index is 0.0684. The fourth-order valence-corrected chi connectivity index (χ4v) is 2.28. The van der Waals surface area contributed by atoms with E-state index < -0.39 is 5.41 Å². The molecule has 22 heavy (non-hydrogen) atoms. The highest BCUT2D eigenvalue weighted by molar-refractivity contribution is 9.10. The van der Waals surface area contributed by atoms with Crippen molar-refractivity contribution in [3.05, 3.63) is 46.7 Å². The number of halogens is 1. The molecule has 0 bridgehead atoms. The highest BCUT2D eigenvalue weighted by Gasteiger charge is 2.30. The summed E-state index contributed by atoms with van der Waals surface area (Å²) in [5.41, 5.74) is 1.02. The zero-order chi connectivity index (χ0) is 16.2. The smallest absolute Gasteiger partial charge is 0.234 e. The third-order valence-electron chi connectivity index (χ3n) is 3.55. The molecule has 6 heteroatoms. The van der Waals surface area contributed by atoms with Crippen LogP contribution in [0.5, 0.6) is 0 Å². The summed E-state index contributed by atoms with van der Waals surface area (Å²) in [6, 6.07) is 7.78. The Balaban J connectivity index is 2.07. The molecule has 0 saturated carbocycles. The van der Waals surface area contributed by atoms with Gasteiger partial charge in [-0.05, 0) is 31.5 Å². The van der Waals surface area contributed by atoms with E-state index in [-0.39, 0.29) is 5.91 Å². The predicted octanol–water partition coefficient (Wildman–Crippen LogP) is 3.21. The van der Waals surface area contributed by atoms with Crippen LogP contribution in [0.4, 0.5) is 5.69 Å². The molecule has 5 nitrogen and oxygen atoms in total. The van der Waals surface area contributed by atoms with Crippen LogP contribution in [0.15, 0.2) is 41.1 Å². The van der Waals surface area contributed by atoms with E-state index >= 15 is 0 Å². The van der Waals surface area contributed by atoms with E-state index in [1.54, 1.807) is 24.2 Å². The maximum atomic E-state index is 12.6. The lowest BCUT2D eigenvalue weighted by molar-refractivity contribution is -0.120. The van der Waals surface area contributed by atoms with Crippen LogP contribution in [-0.2, 0) is 21.5 Å². The van der Waals surface area contributed by atoms with Crippen LogP contribution in [0.1, 0.15) is 19.4 Å². The number of amides is 1. The van der Waals surface area contributed by atoms with Crippen molar-refractivity contribution in [1.82, 2.24) is 9.78 Å². The van der Waals surface area contributed by atoms with Crippen LogP contribution in [0, 0.1) is 0 Å². The second kappa shape index (κ2) is 7.07. The second-order valence-corrected chi connectivity index (χ2v) is 6.49. The number of hydrogen-bond acceptors (Lipinski definition) is 3. The molecule has 0 aliphatic rings. The Kier molecular flexibility index (Phi) is 5.37. The minimum atomic E-state index is -0.630. The molecule has 0 saturated heterocycles. The quantitative estimate of drug-likeness (QED) is 0.854. The van der Waals surface area contributed by atoms with Crippen molar-refractivity contribution in [2.75, 3.05) is 19.0 Å². The summed E-state index contributed by atoms with van der Waals surface area (Å²) in [7, 11) is 1.65. The average molecular weight is 366 g/mol. The summed E-state index contributed by atoms with van der Waals surface area (Å²) in [4.78, 5) is 12.6. The molecule has 118 valence electrons. The van der Waals surface area contributed by atoms with Gasteiger partial charge in [0, 0.05) is 17.8 Å². The summed E-state index contributed by atoms with van der Waals surface area (Å²) in [5.74, 6) is -0.0684. The SMILES string of the molecule is COCCn1cc(NC(=O)C(C)(C)c2ccc(Br)cc2)cn1. The van der Waals surface area contributed by atoms with Crippen LogP contribution < -0.4 is 5.32 Å². The van der Waals surface area contributed by atoms with Crippen LogP contribution in [0.2, 0.25) is 0 Å². The zero-order valence-corrected chi connectivity index (χ0v) is 14.6. The Morgan fingerprint density at radius 3 is 2.68 bits per heavy atom. The van der Waals surface area contributed by atoms with E-state index in [4.69, 9.17) is 4.74 Å². The first-order valence-electron chi connectivity index (χ1n) is 7.02. The summed E-state index contributed by atoms with van der Waals surface area (Å²) in [5, 5.41) is 7.11. The van der Waals surface area contributed by atoms with Crippen molar-refractivity contribution in [2.45, 2.75) is 25.8 Å². The molecular weight excluding hydrogens is 346 g/mol. The van der Waals surface area contributed by atoms with E-state index in [9.17, 15) is 4.79 Å². The van der Waals surface area contributed by atoms with Crippen molar-refractivity contribution in [3.63, 3.8) is 0 Å². The van der Waals surface area contributed by atoms with Gasteiger partial charge in [-0.1, -0.05) is 28.1 Å². The molecule has 2 aromatic rings. The number of carbonyl (C=O) groups excluding carboxylic acids is 1. The second-order valence-electron chi connectivity index (χ2n) is 5.57. The van der Waals surface area contributed by atoms with Crippen molar-refractivity contribution in [2.24, 2.45) is 0 Å². The number of ether oxygens (including phenoxy) is 1. The molecule has 0 radical (unpaired) electrons. The fourth-order valence-electron chi connectivity index (χ4n) is 2.02. The number of aromatic nitrogens is 2. The number of methoxy groups -OCH3 is 1. The van der Waals surface area contributed by atoms with Gasteiger partial charge in [0.1, 0.15) is 0 Å². The molecule has 1 N–H and O–H groups in total. The molecular formula is C16H20BrN3O2. The molecule has 0 aliphatic heterocycles. The Labute approximate surface area is 138 Å². The topological polar surface area (TPSA) is 56.1 Å². The van der Waals surface area contributed by atoms with Gasteiger partial charge in [-0.15, -0.1) is 0 Å². The van der Waals surface area contributed by atoms with Crippen LogP contribution in [0.25, 0.3) is 0 Å². The number of carbonyl (C=O) groups is 1. The highest BCUT2D eigenvalue weighted by Crippen LogP contribution is 2.26. The minimum Gasteiger partial charge on any atom is -0.383 e.